The molecule has 0 bridgehead atoms. The summed E-state index contributed by atoms with van der Waals surface area (Å²) < 4.78 is 1.82. The van der Waals surface area contributed by atoms with Crippen LogP contribution in [0, 0.1) is 11.3 Å². The fourth-order valence-corrected chi connectivity index (χ4v) is 2.35. The zero-order valence-corrected chi connectivity index (χ0v) is 11.0. The van der Waals surface area contributed by atoms with E-state index >= 15 is 0 Å². The van der Waals surface area contributed by atoms with Gasteiger partial charge in [0.25, 0.3) is 5.91 Å². The van der Waals surface area contributed by atoms with Crippen LogP contribution in [0.2, 0.25) is 0 Å². The van der Waals surface area contributed by atoms with Gasteiger partial charge in [0.15, 0.2) is 11.5 Å². The van der Waals surface area contributed by atoms with Crippen molar-refractivity contribution in [2.45, 2.75) is 27.2 Å². The first-order valence-electron chi connectivity index (χ1n) is 5.94. The summed E-state index contributed by atoms with van der Waals surface area (Å²) in [6.07, 6.45) is 4.75. The predicted molar refractivity (Wildman–Crippen MR) is 71.8 cm³/mol. The highest BCUT2D eigenvalue weighted by Gasteiger charge is 2.36. The number of carbonyl (C=O) groups is 1. The van der Waals surface area contributed by atoms with E-state index in [2.05, 4.69) is 43.5 Å². The largest absolute Gasteiger partial charge is 0.364 e. The molecule has 1 aromatic heterocycles. The standard InChI is InChI=1S/C13H18N4O/c1-8-5-6-9(13(8,2)3)17-7-16-10(11(14)18)12(17)15-4/h6-8H,4-5H2,1-3H3,(H2,14,18). The molecule has 1 heterocycles. The molecular weight excluding hydrogens is 228 g/mol. The van der Waals surface area contributed by atoms with Crippen molar-refractivity contribution in [1.29, 1.82) is 0 Å². The summed E-state index contributed by atoms with van der Waals surface area (Å²) in [6.45, 7) is 10.1. The van der Waals surface area contributed by atoms with E-state index in [0.29, 0.717) is 11.7 Å². The van der Waals surface area contributed by atoms with Gasteiger partial charge in [-0.1, -0.05) is 26.8 Å². The van der Waals surface area contributed by atoms with Gasteiger partial charge < -0.3 is 5.73 Å². The van der Waals surface area contributed by atoms with Crippen molar-refractivity contribution < 1.29 is 4.79 Å². The lowest BCUT2D eigenvalue weighted by atomic mass is 9.81. The van der Waals surface area contributed by atoms with Gasteiger partial charge in [-0.3, -0.25) is 9.36 Å². The number of amides is 1. The first-order valence-corrected chi connectivity index (χ1v) is 5.94. The van der Waals surface area contributed by atoms with E-state index < -0.39 is 5.91 Å². The van der Waals surface area contributed by atoms with E-state index in [4.69, 9.17) is 5.73 Å². The summed E-state index contributed by atoms with van der Waals surface area (Å²) in [4.78, 5) is 19.2. The Labute approximate surface area is 106 Å². The Morgan fingerprint density at radius 2 is 2.33 bits per heavy atom. The van der Waals surface area contributed by atoms with Gasteiger partial charge >= 0.3 is 0 Å². The van der Waals surface area contributed by atoms with E-state index in [-0.39, 0.29) is 11.1 Å². The first kappa shape index (κ1) is 12.5. The summed E-state index contributed by atoms with van der Waals surface area (Å²) >= 11 is 0. The molecule has 5 nitrogen and oxygen atoms in total. The summed E-state index contributed by atoms with van der Waals surface area (Å²) in [5.74, 6) is 0.376. The zero-order valence-electron chi connectivity index (χ0n) is 11.0. The van der Waals surface area contributed by atoms with Crippen molar-refractivity contribution >= 4 is 24.1 Å². The molecule has 0 saturated heterocycles. The summed E-state index contributed by atoms with van der Waals surface area (Å²) in [5.41, 5.74) is 6.55. The van der Waals surface area contributed by atoms with Gasteiger partial charge in [0, 0.05) is 11.1 Å². The fraction of sp³-hybridized carbons (Fsp3) is 0.462. The molecule has 2 rings (SSSR count). The number of allylic oxidation sites excluding steroid dienone is 2. The molecule has 1 aliphatic carbocycles. The Bertz CT molecular complexity index is 539. The van der Waals surface area contributed by atoms with Crippen molar-refractivity contribution in [3.8, 4) is 0 Å². The Morgan fingerprint density at radius 1 is 1.67 bits per heavy atom. The highest BCUT2D eigenvalue weighted by Crippen LogP contribution is 2.46. The second kappa shape index (κ2) is 4.08. The molecule has 18 heavy (non-hydrogen) atoms. The molecule has 2 N–H and O–H groups in total. The average Bonchev–Trinajstić information content (AvgIpc) is 2.81. The van der Waals surface area contributed by atoms with Crippen LogP contribution in [0.3, 0.4) is 0 Å². The van der Waals surface area contributed by atoms with Crippen LogP contribution in [-0.2, 0) is 0 Å². The fourth-order valence-electron chi connectivity index (χ4n) is 2.35. The van der Waals surface area contributed by atoms with Crippen LogP contribution in [0.25, 0.3) is 5.70 Å². The molecule has 0 fully saturated rings. The second-order valence-corrected chi connectivity index (χ2v) is 5.26. The van der Waals surface area contributed by atoms with E-state index in [1.807, 2.05) is 4.57 Å². The number of hydrogen-bond acceptors (Lipinski definition) is 3. The Hall–Kier alpha value is -1.91. The molecule has 0 aliphatic heterocycles. The van der Waals surface area contributed by atoms with Gasteiger partial charge in [0.2, 0.25) is 0 Å². The lowest BCUT2D eigenvalue weighted by Gasteiger charge is -2.29. The highest BCUT2D eigenvalue weighted by molar-refractivity contribution is 5.96. The lowest BCUT2D eigenvalue weighted by molar-refractivity contribution is 0.0997. The van der Waals surface area contributed by atoms with Crippen LogP contribution >= 0.6 is 0 Å². The van der Waals surface area contributed by atoms with Gasteiger partial charge in [0.1, 0.15) is 6.33 Å². The maximum Gasteiger partial charge on any atom is 0.271 e. The summed E-state index contributed by atoms with van der Waals surface area (Å²) in [7, 11) is 0. The zero-order chi connectivity index (χ0) is 13.5. The Morgan fingerprint density at radius 3 is 2.78 bits per heavy atom. The molecule has 0 aromatic carbocycles. The maximum absolute atomic E-state index is 11.3. The summed E-state index contributed by atoms with van der Waals surface area (Å²) in [5, 5.41) is 0. The van der Waals surface area contributed by atoms with Crippen molar-refractivity contribution in [3.63, 3.8) is 0 Å². The molecule has 1 aliphatic rings. The maximum atomic E-state index is 11.3. The monoisotopic (exact) mass is 246 g/mol. The molecule has 0 saturated carbocycles. The molecule has 0 radical (unpaired) electrons. The number of nitrogens with two attached hydrogens (primary N) is 1. The number of hydrogen-bond donors (Lipinski definition) is 1. The van der Waals surface area contributed by atoms with E-state index in [1.54, 1.807) is 6.33 Å². The predicted octanol–water partition coefficient (Wildman–Crippen LogP) is 2.22. The number of carbonyl (C=O) groups excluding carboxylic acids is 1. The number of aliphatic imine (C=N–C) groups is 1. The third kappa shape index (κ3) is 1.66. The smallest absolute Gasteiger partial charge is 0.271 e. The molecule has 96 valence electrons. The number of aromatic nitrogens is 2. The van der Waals surface area contributed by atoms with Crippen LogP contribution in [0.5, 0.6) is 0 Å². The molecule has 1 aromatic rings. The third-order valence-electron chi connectivity index (χ3n) is 3.94. The molecular formula is C13H18N4O. The van der Waals surface area contributed by atoms with E-state index in [9.17, 15) is 4.79 Å². The van der Waals surface area contributed by atoms with Gasteiger partial charge in [0.05, 0.1) is 0 Å². The van der Waals surface area contributed by atoms with Crippen molar-refractivity contribution in [2.75, 3.05) is 0 Å². The normalized spacial score (nSPS) is 21.7. The first-order chi connectivity index (χ1) is 8.39. The Kier molecular flexibility index (Phi) is 2.84. The minimum absolute atomic E-state index is 0.00898. The average molecular weight is 246 g/mol. The molecule has 0 spiro atoms. The summed E-state index contributed by atoms with van der Waals surface area (Å²) in [6, 6.07) is 0. The highest BCUT2D eigenvalue weighted by atomic mass is 16.1. The number of rotatable bonds is 3. The molecule has 1 atom stereocenters. The lowest BCUT2D eigenvalue weighted by Crippen LogP contribution is -2.21. The van der Waals surface area contributed by atoms with Crippen LogP contribution in [0.15, 0.2) is 17.4 Å². The van der Waals surface area contributed by atoms with Crippen LogP contribution in [0.1, 0.15) is 37.7 Å². The third-order valence-corrected chi connectivity index (χ3v) is 3.94. The van der Waals surface area contributed by atoms with Crippen LogP contribution in [0.4, 0.5) is 5.82 Å². The minimum Gasteiger partial charge on any atom is -0.364 e. The van der Waals surface area contributed by atoms with Crippen molar-refractivity contribution in [3.05, 3.63) is 18.1 Å². The molecule has 1 amide bonds. The van der Waals surface area contributed by atoms with Crippen molar-refractivity contribution in [1.82, 2.24) is 9.55 Å². The topological polar surface area (TPSA) is 73.3 Å². The number of imidazole rings is 1. The number of nitrogens with zero attached hydrogens (tertiary/aromatic N) is 3. The van der Waals surface area contributed by atoms with Crippen LogP contribution in [-0.4, -0.2) is 22.2 Å². The second-order valence-electron chi connectivity index (χ2n) is 5.26. The quantitative estimate of drug-likeness (QED) is 0.830. The van der Waals surface area contributed by atoms with Gasteiger partial charge in [-0.2, -0.15) is 0 Å². The Balaban J connectivity index is 2.54. The van der Waals surface area contributed by atoms with Gasteiger partial charge in [-0.15, -0.1) is 0 Å². The van der Waals surface area contributed by atoms with E-state index in [1.165, 1.54) is 0 Å². The van der Waals surface area contributed by atoms with E-state index in [0.717, 1.165) is 12.1 Å². The van der Waals surface area contributed by atoms with Gasteiger partial charge in [-0.25, -0.2) is 9.98 Å². The molecule has 1 unspecified atom stereocenters. The van der Waals surface area contributed by atoms with Gasteiger partial charge in [-0.05, 0) is 19.1 Å². The molecule has 5 heteroatoms. The SMILES string of the molecule is C=Nc1c(C(N)=O)ncn1C1=CCC(C)C1(C)C. The van der Waals surface area contributed by atoms with Crippen molar-refractivity contribution in [2.24, 2.45) is 22.1 Å². The van der Waals surface area contributed by atoms with Crippen LogP contribution < -0.4 is 5.73 Å². The minimum atomic E-state index is -0.583. The number of primary amides is 1.